The highest BCUT2D eigenvalue weighted by Gasteiger charge is 2.51. The largest absolute Gasteiger partial charge is 0.486 e. The first-order valence-corrected chi connectivity index (χ1v) is 9.17. The van der Waals surface area contributed by atoms with Gasteiger partial charge in [-0.1, -0.05) is 12.1 Å². The number of Topliss-reactive ketones (excluding diaryl/α,β-unsaturated/α-hetero) is 1. The predicted octanol–water partition coefficient (Wildman–Crippen LogP) is 3.03. The zero-order valence-electron chi connectivity index (χ0n) is 15.7. The number of nitrogens with zero attached hydrogens (tertiary/aromatic N) is 1. The number of benzene rings is 1. The van der Waals surface area contributed by atoms with Crippen molar-refractivity contribution in [2.75, 3.05) is 19.7 Å². The molecule has 1 N–H and O–H groups in total. The van der Waals surface area contributed by atoms with Crippen LogP contribution in [0.15, 0.2) is 24.3 Å². The molecule has 1 amide bonds. The summed E-state index contributed by atoms with van der Waals surface area (Å²) in [5.41, 5.74) is -0.639. The summed E-state index contributed by atoms with van der Waals surface area (Å²) >= 11 is 0. The molecular formula is C20H27NO5. The van der Waals surface area contributed by atoms with E-state index in [-0.39, 0.29) is 18.5 Å². The summed E-state index contributed by atoms with van der Waals surface area (Å²) in [5, 5.41) is 9.47. The third kappa shape index (κ3) is 3.56. The second-order valence-corrected chi connectivity index (χ2v) is 8.06. The fourth-order valence-corrected chi connectivity index (χ4v) is 3.84. The monoisotopic (exact) mass is 361 g/mol. The minimum atomic E-state index is -0.674. The minimum absolute atomic E-state index is 0.0200. The van der Waals surface area contributed by atoms with Gasteiger partial charge in [-0.25, -0.2) is 4.79 Å². The number of para-hydroxylation sites is 1. The maximum Gasteiger partial charge on any atom is 0.410 e. The summed E-state index contributed by atoms with van der Waals surface area (Å²) in [6.07, 6.45) is 1.10. The number of ketones is 1. The van der Waals surface area contributed by atoms with Gasteiger partial charge in [-0.3, -0.25) is 4.79 Å². The summed E-state index contributed by atoms with van der Waals surface area (Å²) in [6.45, 7) is 6.38. The quantitative estimate of drug-likeness (QED) is 0.876. The molecule has 0 aromatic heterocycles. The molecular weight excluding hydrogens is 334 g/mol. The smallest absolute Gasteiger partial charge is 0.410 e. The lowest BCUT2D eigenvalue weighted by Gasteiger charge is -2.48. The highest BCUT2D eigenvalue weighted by atomic mass is 16.6. The number of ether oxygens (including phenoxy) is 2. The van der Waals surface area contributed by atoms with Crippen LogP contribution in [-0.4, -0.2) is 52.8 Å². The maximum absolute atomic E-state index is 13.0. The van der Waals surface area contributed by atoms with Gasteiger partial charge in [-0.2, -0.15) is 0 Å². The van der Waals surface area contributed by atoms with E-state index in [0.29, 0.717) is 43.7 Å². The number of carbonyl (C=O) groups is 2. The van der Waals surface area contributed by atoms with E-state index in [0.717, 1.165) is 0 Å². The fourth-order valence-electron chi connectivity index (χ4n) is 3.84. The molecule has 6 heteroatoms. The minimum Gasteiger partial charge on any atom is -0.486 e. The van der Waals surface area contributed by atoms with Crippen LogP contribution in [0.4, 0.5) is 4.79 Å². The Bertz CT molecular complexity index is 686. The zero-order valence-corrected chi connectivity index (χ0v) is 15.7. The maximum atomic E-state index is 13.0. The van der Waals surface area contributed by atoms with Crippen LogP contribution in [0.5, 0.6) is 5.75 Å². The number of likely N-dealkylation sites (tertiary alicyclic amines) is 1. The number of hydrogen-bond acceptors (Lipinski definition) is 5. The molecule has 0 bridgehead atoms. The van der Waals surface area contributed by atoms with E-state index in [4.69, 9.17) is 9.47 Å². The summed E-state index contributed by atoms with van der Waals surface area (Å²) < 4.78 is 11.8. The van der Waals surface area contributed by atoms with E-state index in [1.807, 2.05) is 39.0 Å². The number of carbonyl (C=O) groups excluding carboxylic acids is 2. The van der Waals surface area contributed by atoms with Crippen LogP contribution in [0.2, 0.25) is 0 Å². The van der Waals surface area contributed by atoms with Crippen LogP contribution in [-0.2, 0) is 4.74 Å². The second-order valence-electron chi connectivity index (χ2n) is 8.06. The summed E-state index contributed by atoms with van der Waals surface area (Å²) in [4.78, 5) is 27.0. The number of piperidine rings is 1. The van der Waals surface area contributed by atoms with E-state index in [2.05, 4.69) is 0 Å². The van der Waals surface area contributed by atoms with Crippen LogP contribution in [0.25, 0.3) is 0 Å². The van der Waals surface area contributed by atoms with Crippen LogP contribution in [0.1, 0.15) is 50.4 Å². The van der Waals surface area contributed by atoms with Crippen molar-refractivity contribution in [3.05, 3.63) is 29.8 Å². The van der Waals surface area contributed by atoms with Crippen molar-refractivity contribution in [3.63, 3.8) is 0 Å². The van der Waals surface area contributed by atoms with Crippen molar-refractivity contribution in [1.82, 2.24) is 4.90 Å². The fraction of sp³-hybridized carbons (Fsp3) is 0.600. The van der Waals surface area contributed by atoms with Gasteiger partial charge in [0.1, 0.15) is 17.0 Å². The third-order valence-corrected chi connectivity index (χ3v) is 5.10. The molecule has 1 aromatic carbocycles. The van der Waals surface area contributed by atoms with Gasteiger partial charge < -0.3 is 19.5 Å². The van der Waals surface area contributed by atoms with Gasteiger partial charge in [0, 0.05) is 32.5 Å². The Morgan fingerprint density at radius 3 is 2.58 bits per heavy atom. The first kappa shape index (κ1) is 18.7. The standard InChI is InChI=1S/C20H27NO5/c1-19(2,3)26-18(24)21-11-9-20(10-12-21)15(8-13-22)17(23)14-6-4-5-7-16(14)25-20/h4-7,15,22H,8-13H2,1-3H3. The summed E-state index contributed by atoms with van der Waals surface area (Å²) in [6, 6.07) is 7.25. The number of aliphatic hydroxyl groups is 1. The van der Waals surface area contributed by atoms with E-state index in [1.165, 1.54) is 0 Å². The van der Waals surface area contributed by atoms with Crippen LogP contribution in [0.3, 0.4) is 0 Å². The topological polar surface area (TPSA) is 76.1 Å². The second kappa shape index (κ2) is 6.91. The Labute approximate surface area is 154 Å². The Morgan fingerprint density at radius 1 is 1.31 bits per heavy atom. The van der Waals surface area contributed by atoms with Crippen molar-refractivity contribution in [2.24, 2.45) is 5.92 Å². The Kier molecular flexibility index (Phi) is 4.97. The molecule has 2 heterocycles. The van der Waals surface area contributed by atoms with Gasteiger partial charge >= 0.3 is 6.09 Å². The molecule has 3 rings (SSSR count). The van der Waals surface area contributed by atoms with Gasteiger partial charge in [0.15, 0.2) is 5.78 Å². The van der Waals surface area contributed by atoms with Gasteiger partial charge in [0.2, 0.25) is 0 Å². The Balaban J connectivity index is 1.79. The number of fused-ring (bicyclic) bond motifs is 1. The van der Waals surface area contributed by atoms with E-state index in [9.17, 15) is 14.7 Å². The molecule has 1 spiro atoms. The molecule has 0 radical (unpaired) electrons. The van der Waals surface area contributed by atoms with Gasteiger partial charge in [-0.05, 0) is 39.3 Å². The highest BCUT2D eigenvalue weighted by molar-refractivity contribution is 6.02. The van der Waals surface area contributed by atoms with E-state index >= 15 is 0 Å². The highest BCUT2D eigenvalue weighted by Crippen LogP contribution is 2.44. The normalized spacial score (nSPS) is 21.9. The lowest BCUT2D eigenvalue weighted by atomic mass is 9.72. The molecule has 0 saturated carbocycles. The first-order valence-electron chi connectivity index (χ1n) is 9.17. The first-order chi connectivity index (χ1) is 12.3. The number of rotatable bonds is 2. The summed E-state index contributed by atoms with van der Waals surface area (Å²) in [7, 11) is 0. The van der Waals surface area contributed by atoms with Crippen molar-refractivity contribution in [3.8, 4) is 5.75 Å². The van der Waals surface area contributed by atoms with Crippen LogP contribution >= 0.6 is 0 Å². The van der Waals surface area contributed by atoms with Gasteiger partial charge in [0.25, 0.3) is 0 Å². The zero-order chi connectivity index (χ0) is 18.9. The molecule has 6 nitrogen and oxygen atoms in total. The SMILES string of the molecule is CC(C)(C)OC(=O)N1CCC2(CC1)Oc1ccccc1C(=O)C2CCO. The molecule has 0 aliphatic carbocycles. The van der Waals surface area contributed by atoms with Crippen LogP contribution in [0, 0.1) is 5.92 Å². The van der Waals surface area contributed by atoms with Crippen molar-refractivity contribution >= 4 is 11.9 Å². The number of aliphatic hydroxyl groups excluding tert-OH is 1. The molecule has 1 fully saturated rings. The average Bonchev–Trinajstić information content (AvgIpc) is 2.58. The van der Waals surface area contributed by atoms with E-state index < -0.39 is 17.1 Å². The van der Waals surface area contributed by atoms with Crippen LogP contribution < -0.4 is 4.74 Å². The average molecular weight is 361 g/mol. The molecule has 142 valence electrons. The van der Waals surface area contributed by atoms with Crippen molar-refractivity contribution < 1.29 is 24.2 Å². The van der Waals surface area contributed by atoms with Gasteiger partial charge in [-0.15, -0.1) is 0 Å². The molecule has 1 saturated heterocycles. The number of amides is 1. The molecule has 26 heavy (non-hydrogen) atoms. The Hall–Kier alpha value is -2.08. The number of hydrogen-bond donors (Lipinski definition) is 1. The third-order valence-electron chi connectivity index (χ3n) is 5.10. The Morgan fingerprint density at radius 2 is 1.96 bits per heavy atom. The predicted molar refractivity (Wildman–Crippen MR) is 96.4 cm³/mol. The molecule has 1 atom stereocenters. The lowest BCUT2D eigenvalue weighted by molar-refractivity contribution is -0.0532. The van der Waals surface area contributed by atoms with E-state index in [1.54, 1.807) is 11.0 Å². The molecule has 2 aliphatic rings. The van der Waals surface area contributed by atoms with Crippen molar-refractivity contribution in [1.29, 1.82) is 0 Å². The lowest BCUT2D eigenvalue weighted by Crippen LogP contribution is -2.58. The summed E-state index contributed by atoms with van der Waals surface area (Å²) in [5.74, 6) is 0.215. The molecule has 1 aromatic rings. The molecule has 2 aliphatic heterocycles. The van der Waals surface area contributed by atoms with Crippen molar-refractivity contribution in [2.45, 2.75) is 51.2 Å². The molecule has 1 unspecified atom stereocenters. The van der Waals surface area contributed by atoms with Gasteiger partial charge in [0.05, 0.1) is 11.5 Å².